The highest BCUT2D eigenvalue weighted by Crippen LogP contribution is 2.41. The van der Waals surface area contributed by atoms with Crippen LogP contribution in [0.1, 0.15) is 19.4 Å². The van der Waals surface area contributed by atoms with Gasteiger partial charge in [0.2, 0.25) is 11.8 Å². The summed E-state index contributed by atoms with van der Waals surface area (Å²) in [4.78, 5) is 24.3. The van der Waals surface area contributed by atoms with E-state index >= 15 is 0 Å². The maximum absolute atomic E-state index is 12.2. The number of amides is 2. The lowest BCUT2D eigenvalue weighted by molar-refractivity contribution is -0.125. The molecule has 1 aromatic rings. The number of nitriles is 2. The Hall–Kier alpha value is -2.97. The molecule has 1 aliphatic heterocycles. The Morgan fingerprint density at radius 2 is 2.07 bits per heavy atom. The lowest BCUT2D eigenvalue weighted by atomic mass is 9.72. The minimum Gasteiger partial charge on any atom is -0.496 e. The Morgan fingerprint density at radius 3 is 2.71 bits per heavy atom. The van der Waals surface area contributed by atoms with Crippen molar-refractivity contribution in [2.24, 2.45) is 11.3 Å². The number of hydrogen-bond acceptors (Lipinski definition) is 6. The number of ether oxygens (including phenoxy) is 1. The SMILES string of the molecule is COc1ccccc1CCNC(=O)CSC1=C(C#N)C(C)(C)[C@H](C#N)C(=O)N1. The number of nitrogens with zero attached hydrogens (tertiary/aromatic N) is 2. The van der Waals surface area contributed by atoms with E-state index in [1.807, 2.05) is 30.3 Å². The molecule has 1 heterocycles. The number of allylic oxidation sites excluding steroid dienone is 1. The molecule has 2 rings (SSSR count). The van der Waals surface area contributed by atoms with Crippen molar-refractivity contribution in [1.82, 2.24) is 10.6 Å². The van der Waals surface area contributed by atoms with Crippen LogP contribution in [0, 0.1) is 34.0 Å². The fourth-order valence-electron chi connectivity index (χ4n) is 2.97. The minimum atomic E-state index is -0.943. The van der Waals surface area contributed by atoms with Gasteiger partial charge in [-0.3, -0.25) is 9.59 Å². The molecule has 0 radical (unpaired) electrons. The van der Waals surface area contributed by atoms with Gasteiger partial charge in [-0.25, -0.2) is 0 Å². The quantitative estimate of drug-likeness (QED) is 0.727. The number of rotatable bonds is 7. The van der Waals surface area contributed by atoms with E-state index in [0.717, 1.165) is 23.1 Å². The number of para-hydroxylation sites is 1. The van der Waals surface area contributed by atoms with E-state index in [-0.39, 0.29) is 11.7 Å². The number of carbonyl (C=O) groups is 2. The van der Waals surface area contributed by atoms with Crippen LogP contribution in [-0.2, 0) is 16.0 Å². The summed E-state index contributed by atoms with van der Waals surface area (Å²) in [6, 6.07) is 11.6. The third kappa shape index (κ3) is 4.65. The van der Waals surface area contributed by atoms with Crippen LogP contribution in [0.3, 0.4) is 0 Å². The molecule has 0 bridgehead atoms. The van der Waals surface area contributed by atoms with Crippen LogP contribution in [0.15, 0.2) is 34.9 Å². The summed E-state index contributed by atoms with van der Waals surface area (Å²) in [5.74, 6) is -0.778. The van der Waals surface area contributed by atoms with Gasteiger partial charge in [-0.1, -0.05) is 43.8 Å². The lowest BCUT2D eigenvalue weighted by Crippen LogP contribution is -2.44. The fourth-order valence-corrected chi connectivity index (χ4v) is 3.97. The Bertz CT molecular complexity index is 880. The fraction of sp³-hybridized carbons (Fsp3) is 0.400. The molecule has 7 nitrogen and oxygen atoms in total. The summed E-state index contributed by atoms with van der Waals surface area (Å²) in [6.07, 6.45) is 0.625. The first-order chi connectivity index (χ1) is 13.3. The van der Waals surface area contributed by atoms with Crippen molar-refractivity contribution >= 4 is 23.6 Å². The molecule has 1 atom stereocenters. The highest BCUT2D eigenvalue weighted by Gasteiger charge is 2.44. The van der Waals surface area contributed by atoms with E-state index in [1.54, 1.807) is 21.0 Å². The highest BCUT2D eigenvalue weighted by molar-refractivity contribution is 8.03. The summed E-state index contributed by atoms with van der Waals surface area (Å²) in [6.45, 7) is 3.82. The van der Waals surface area contributed by atoms with E-state index in [9.17, 15) is 20.1 Å². The van der Waals surface area contributed by atoms with Gasteiger partial charge in [-0.05, 0) is 18.1 Å². The van der Waals surface area contributed by atoms with Crippen LogP contribution < -0.4 is 15.4 Å². The van der Waals surface area contributed by atoms with Crippen molar-refractivity contribution in [3.05, 3.63) is 40.4 Å². The molecule has 1 aromatic carbocycles. The van der Waals surface area contributed by atoms with Gasteiger partial charge in [-0.15, -0.1) is 0 Å². The zero-order valence-electron chi connectivity index (χ0n) is 16.0. The van der Waals surface area contributed by atoms with Crippen LogP contribution in [0.5, 0.6) is 5.75 Å². The van der Waals surface area contributed by atoms with Gasteiger partial charge in [0.05, 0.1) is 35.6 Å². The van der Waals surface area contributed by atoms with E-state index < -0.39 is 17.2 Å². The summed E-state index contributed by atoms with van der Waals surface area (Å²) in [5.41, 5.74) is 0.399. The molecule has 1 aliphatic rings. The van der Waals surface area contributed by atoms with Crippen LogP contribution >= 0.6 is 11.8 Å². The number of carbonyl (C=O) groups excluding carboxylic acids is 2. The standard InChI is InChI=1S/C20H22N4O3S/c1-20(2)14(10-21)18(26)24-19(15(20)11-22)28-12-17(25)23-9-8-13-6-4-5-7-16(13)27-3/h4-7,14H,8-9,12H2,1-3H3,(H,23,25)(H,24,26)/t14-/m1/s1. The second-order valence-electron chi connectivity index (χ2n) is 6.79. The Labute approximate surface area is 168 Å². The average molecular weight is 398 g/mol. The molecule has 0 aromatic heterocycles. The number of nitrogens with one attached hydrogen (secondary N) is 2. The smallest absolute Gasteiger partial charge is 0.243 e. The first-order valence-corrected chi connectivity index (χ1v) is 9.70. The summed E-state index contributed by atoms with van der Waals surface area (Å²) in [5, 5.41) is 24.5. The monoisotopic (exact) mass is 398 g/mol. The number of hydrogen-bond donors (Lipinski definition) is 2. The van der Waals surface area contributed by atoms with Crippen molar-refractivity contribution < 1.29 is 14.3 Å². The maximum Gasteiger partial charge on any atom is 0.243 e. The van der Waals surface area contributed by atoms with E-state index in [0.29, 0.717) is 23.6 Å². The largest absolute Gasteiger partial charge is 0.496 e. The van der Waals surface area contributed by atoms with E-state index in [1.165, 1.54) is 0 Å². The molecular weight excluding hydrogens is 376 g/mol. The number of thioether (sulfide) groups is 1. The van der Waals surface area contributed by atoms with Crippen molar-refractivity contribution in [3.8, 4) is 17.9 Å². The molecule has 0 fully saturated rings. The molecule has 8 heteroatoms. The van der Waals surface area contributed by atoms with Crippen LogP contribution in [0.4, 0.5) is 0 Å². The second kappa shape index (κ2) is 9.29. The van der Waals surface area contributed by atoms with Gasteiger partial charge < -0.3 is 15.4 Å². The van der Waals surface area contributed by atoms with Gasteiger partial charge in [0.1, 0.15) is 11.7 Å². The predicted molar refractivity (Wildman–Crippen MR) is 106 cm³/mol. The Balaban J connectivity index is 1.95. The third-order valence-corrected chi connectivity index (χ3v) is 5.59. The molecular formula is C20H22N4O3S. The number of benzene rings is 1. The van der Waals surface area contributed by atoms with Crippen LogP contribution in [0.25, 0.3) is 0 Å². The van der Waals surface area contributed by atoms with E-state index in [2.05, 4.69) is 16.7 Å². The lowest BCUT2D eigenvalue weighted by Gasteiger charge is -2.34. The Kier molecular flexibility index (Phi) is 7.08. The van der Waals surface area contributed by atoms with Crippen LogP contribution in [-0.4, -0.2) is 31.2 Å². The molecule has 0 spiro atoms. The van der Waals surface area contributed by atoms with E-state index in [4.69, 9.17) is 4.74 Å². The molecule has 28 heavy (non-hydrogen) atoms. The van der Waals surface area contributed by atoms with Crippen molar-refractivity contribution in [1.29, 1.82) is 10.5 Å². The molecule has 0 aliphatic carbocycles. The zero-order chi connectivity index (χ0) is 20.7. The number of methoxy groups -OCH3 is 1. The highest BCUT2D eigenvalue weighted by atomic mass is 32.2. The van der Waals surface area contributed by atoms with Gasteiger partial charge in [0.25, 0.3) is 0 Å². The van der Waals surface area contributed by atoms with Crippen molar-refractivity contribution in [2.75, 3.05) is 19.4 Å². The average Bonchev–Trinajstić information content (AvgIpc) is 2.66. The molecule has 2 N–H and O–H groups in total. The zero-order valence-corrected chi connectivity index (χ0v) is 16.9. The predicted octanol–water partition coefficient (Wildman–Crippen LogP) is 2.12. The topological polar surface area (TPSA) is 115 Å². The first-order valence-electron chi connectivity index (χ1n) is 8.71. The Morgan fingerprint density at radius 1 is 1.36 bits per heavy atom. The summed E-state index contributed by atoms with van der Waals surface area (Å²) < 4.78 is 5.28. The summed E-state index contributed by atoms with van der Waals surface area (Å²) in [7, 11) is 1.60. The summed E-state index contributed by atoms with van der Waals surface area (Å²) >= 11 is 1.09. The van der Waals surface area contributed by atoms with Crippen molar-refractivity contribution in [2.45, 2.75) is 20.3 Å². The molecule has 0 unspecified atom stereocenters. The normalized spacial score (nSPS) is 17.9. The van der Waals surface area contributed by atoms with Gasteiger partial charge in [0, 0.05) is 12.0 Å². The van der Waals surface area contributed by atoms with Gasteiger partial charge in [0.15, 0.2) is 0 Å². The van der Waals surface area contributed by atoms with Crippen molar-refractivity contribution in [3.63, 3.8) is 0 Å². The maximum atomic E-state index is 12.2. The molecule has 2 amide bonds. The molecule has 0 saturated heterocycles. The first kappa shape index (κ1) is 21.3. The minimum absolute atomic E-state index is 0.0556. The molecule has 146 valence electrons. The third-order valence-electron chi connectivity index (χ3n) is 4.59. The second-order valence-corrected chi connectivity index (χ2v) is 7.78. The molecule has 0 saturated carbocycles. The van der Waals surface area contributed by atoms with Gasteiger partial charge >= 0.3 is 0 Å². The van der Waals surface area contributed by atoms with Crippen LogP contribution in [0.2, 0.25) is 0 Å². The van der Waals surface area contributed by atoms with Gasteiger partial charge in [-0.2, -0.15) is 10.5 Å².